The van der Waals surface area contributed by atoms with Crippen molar-refractivity contribution in [2.75, 3.05) is 5.32 Å². The highest BCUT2D eigenvalue weighted by molar-refractivity contribution is 5.78. The molecule has 0 spiro atoms. The lowest BCUT2D eigenvalue weighted by atomic mass is 10.1. The van der Waals surface area contributed by atoms with Crippen molar-refractivity contribution in [1.82, 2.24) is 0 Å². The Hall–Kier alpha value is -4.25. The van der Waals surface area contributed by atoms with Crippen molar-refractivity contribution in [1.29, 1.82) is 0 Å². The molecule has 0 aliphatic heterocycles. The SMILES string of the molecule is O=C(O)C(Cc1ccc(OCc2ccccc2)cc1)Nc1ccccc1OCc1ccccc1. The summed E-state index contributed by atoms with van der Waals surface area (Å²) in [5.41, 5.74) is 3.68. The van der Waals surface area contributed by atoms with Crippen molar-refractivity contribution < 1.29 is 19.4 Å². The van der Waals surface area contributed by atoms with Crippen molar-refractivity contribution in [3.05, 3.63) is 126 Å². The summed E-state index contributed by atoms with van der Waals surface area (Å²) < 4.78 is 11.8. The summed E-state index contributed by atoms with van der Waals surface area (Å²) in [4.78, 5) is 12.0. The summed E-state index contributed by atoms with van der Waals surface area (Å²) in [5, 5.41) is 13.0. The minimum atomic E-state index is -0.928. The van der Waals surface area contributed by atoms with Gasteiger partial charge in [0, 0.05) is 6.42 Å². The van der Waals surface area contributed by atoms with Crippen LogP contribution in [-0.4, -0.2) is 17.1 Å². The quantitative estimate of drug-likeness (QED) is 0.294. The summed E-state index contributed by atoms with van der Waals surface area (Å²) >= 11 is 0. The van der Waals surface area contributed by atoms with Crippen LogP contribution in [0.2, 0.25) is 0 Å². The first-order valence-corrected chi connectivity index (χ1v) is 11.2. The number of rotatable bonds is 11. The number of hydrogen-bond donors (Lipinski definition) is 2. The van der Waals surface area contributed by atoms with E-state index < -0.39 is 12.0 Å². The van der Waals surface area contributed by atoms with Crippen LogP contribution in [0.25, 0.3) is 0 Å². The van der Waals surface area contributed by atoms with Crippen LogP contribution in [0.3, 0.4) is 0 Å². The van der Waals surface area contributed by atoms with Crippen LogP contribution in [0.4, 0.5) is 5.69 Å². The zero-order valence-corrected chi connectivity index (χ0v) is 18.8. The summed E-state index contributed by atoms with van der Waals surface area (Å²) in [5.74, 6) is 0.427. The molecule has 0 aliphatic rings. The number of para-hydroxylation sites is 2. The lowest BCUT2D eigenvalue weighted by molar-refractivity contribution is -0.137. The molecular formula is C29H27NO4. The number of ether oxygens (including phenoxy) is 2. The lowest BCUT2D eigenvalue weighted by Gasteiger charge is -2.19. The second-order valence-electron chi connectivity index (χ2n) is 7.93. The second-order valence-corrected chi connectivity index (χ2v) is 7.93. The maximum Gasteiger partial charge on any atom is 0.326 e. The largest absolute Gasteiger partial charge is 0.489 e. The zero-order valence-electron chi connectivity index (χ0n) is 18.8. The van der Waals surface area contributed by atoms with Gasteiger partial charge >= 0.3 is 5.97 Å². The smallest absolute Gasteiger partial charge is 0.326 e. The number of anilines is 1. The Bertz CT molecular complexity index is 1180. The molecule has 34 heavy (non-hydrogen) atoms. The Balaban J connectivity index is 1.38. The highest BCUT2D eigenvalue weighted by atomic mass is 16.5. The molecule has 0 saturated heterocycles. The van der Waals surface area contributed by atoms with Gasteiger partial charge in [0.25, 0.3) is 0 Å². The van der Waals surface area contributed by atoms with Gasteiger partial charge in [-0.3, -0.25) is 0 Å². The van der Waals surface area contributed by atoms with E-state index in [0.29, 0.717) is 31.1 Å². The van der Waals surface area contributed by atoms with Crippen LogP contribution >= 0.6 is 0 Å². The van der Waals surface area contributed by atoms with Crippen LogP contribution in [0.15, 0.2) is 109 Å². The Morgan fingerprint density at radius 2 is 1.24 bits per heavy atom. The van der Waals surface area contributed by atoms with E-state index in [9.17, 15) is 9.90 Å². The fourth-order valence-corrected chi connectivity index (χ4v) is 3.53. The third-order valence-electron chi connectivity index (χ3n) is 5.36. The summed E-state index contributed by atoms with van der Waals surface area (Å²) in [6.45, 7) is 0.890. The summed E-state index contributed by atoms with van der Waals surface area (Å²) in [7, 11) is 0. The van der Waals surface area contributed by atoms with Gasteiger partial charge in [-0.15, -0.1) is 0 Å². The van der Waals surface area contributed by atoms with E-state index in [2.05, 4.69) is 5.32 Å². The molecule has 4 rings (SSSR count). The molecule has 172 valence electrons. The predicted molar refractivity (Wildman–Crippen MR) is 133 cm³/mol. The van der Waals surface area contributed by atoms with E-state index in [4.69, 9.17) is 9.47 Å². The van der Waals surface area contributed by atoms with Crippen LogP contribution in [0, 0.1) is 0 Å². The van der Waals surface area contributed by atoms with Crippen LogP contribution < -0.4 is 14.8 Å². The Kier molecular flexibility index (Phi) is 7.80. The van der Waals surface area contributed by atoms with E-state index in [1.807, 2.05) is 109 Å². The molecule has 0 aromatic heterocycles. The number of hydrogen-bond acceptors (Lipinski definition) is 4. The van der Waals surface area contributed by atoms with Crippen LogP contribution in [0.5, 0.6) is 11.5 Å². The van der Waals surface area contributed by atoms with Gasteiger partial charge in [0.05, 0.1) is 5.69 Å². The Morgan fingerprint density at radius 1 is 0.676 bits per heavy atom. The molecule has 0 saturated carbocycles. The third kappa shape index (κ3) is 6.62. The third-order valence-corrected chi connectivity index (χ3v) is 5.36. The Morgan fingerprint density at radius 3 is 1.85 bits per heavy atom. The molecule has 0 bridgehead atoms. The van der Waals surface area contributed by atoms with Crippen LogP contribution in [0.1, 0.15) is 16.7 Å². The monoisotopic (exact) mass is 453 g/mol. The van der Waals surface area contributed by atoms with E-state index in [0.717, 1.165) is 22.4 Å². The molecule has 0 aliphatic carbocycles. The molecule has 0 heterocycles. The first-order chi connectivity index (χ1) is 16.7. The molecule has 5 heteroatoms. The maximum atomic E-state index is 12.0. The molecule has 1 atom stereocenters. The standard InChI is InChI=1S/C29H27NO4/c31-29(32)27(19-22-15-17-25(18-16-22)33-20-23-9-3-1-4-10-23)30-26-13-7-8-14-28(26)34-21-24-11-5-2-6-12-24/h1-18,27,30H,19-21H2,(H,31,32). The average molecular weight is 454 g/mol. The lowest BCUT2D eigenvalue weighted by Crippen LogP contribution is -2.31. The van der Waals surface area contributed by atoms with E-state index in [1.165, 1.54) is 0 Å². The highest BCUT2D eigenvalue weighted by Gasteiger charge is 2.19. The molecule has 0 amide bonds. The minimum absolute atomic E-state index is 0.321. The molecule has 2 N–H and O–H groups in total. The van der Waals surface area contributed by atoms with Crippen molar-refractivity contribution in [3.8, 4) is 11.5 Å². The van der Waals surface area contributed by atoms with Gasteiger partial charge in [0.2, 0.25) is 0 Å². The topological polar surface area (TPSA) is 67.8 Å². The average Bonchev–Trinajstić information content (AvgIpc) is 2.88. The molecule has 0 radical (unpaired) electrons. The highest BCUT2D eigenvalue weighted by Crippen LogP contribution is 2.26. The van der Waals surface area contributed by atoms with Gasteiger partial charge in [-0.2, -0.15) is 0 Å². The van der Waals surface area contributed by atoms with Crippen molar-refractivity contribution >= 4 is 11.7 Å². The fraction of sp³-hybridized carbons (Fsp3) is 0.138. The van der Waals surface area contributed by atoms with Crippen LogP contribution in [-0.2, 0) is 24.4 Å². The summed E-state index contributed by atoms with van der Waals surface area (Å²) in [6.07, 6.45) is 0.321. The second kappa shape index (κ2) is 11.6. The number of benzene rings is 4. The maximum absolute atomic E-state index is 12.0. The molecular weight excluding hydrogens is 426 g/mol. The van der Waals surface area contributed by atoms with E-state index in [1.54, 1.807) is 0 Å². The first kappa shape index (κ1) is 22.9. The van der Waals surface area contributed by atoms with Gasteiger partial charge in [-0.1, -0.05) is 84.9 Å². The fourth-order valence-electron chi connectivity index (χ4n) is 3.53. The summed E-state index contributed by atoms with van der Waals surface area (Å²) in [6, 6.07) is 33.9. The number of carboxylic acid groups (broad SMARTS) is 1. The van der Waals surface area contributed by atoms with E-state index in [-0.39, 0.29) is 0 Å². The first-order valence-electron chi connectivity index (χ1n) is 11.2. The van der Waals surface area contributed by atoms with Crippen molar-refractivity contribution in [2.24, 2.45) is 0 Å². The minimum Gasteiger partial charge on any atom is -0.489 e. The van der Waals surface area contributed by atoms with Gasteiger partial charge in [0.15, 0.2) is 0 Å². The number of carbonyl (C=O) groups is 1. The number of nitrogens with one attached hydrogen (secondary N) is 1. The molecule has 4 aromatic rings. The molecule has 0 fully saturated rings. The van der Waals surface area contributed by atoms with Gasteiger partial charge in [-0.05, 0) is 41.0 Å². The van der Waals surface area contributed by atoms with Gasteiger partial charge < -0.3 is 19.9 Å². The van der Waals surface area contributed by atoms with Crippen molar-refractivity contribution in [3.63, 3.8) is 0 Å². The van der Waals surface area contributed by atoms with Gasteiger partial charge in [-0.25, -0.2) is 4.79 Å². The van der Waals surface area contributed by atoms with E-state index >= 15 is 0 Å². The van der Waals surface area contributed by atoms with Gasteiger partial charge in [0.1, 0.15) is 30.8 Å². The Labute approximate surface area is 199 Å². The molecule has 4 aromatic carbocycles. The normalized spacial score (nSPS) is 11.4. The number of carboxylic acids is 1. The molecule has 1 unspecified atom stereocenters. The van der Waals surface area contributed by atoms with Crippen molar-refractivity contribution in [2.45, 2.75) is 25.7 Å². The molecule has 5 nitrogen and oxygen atoms in total. The predicted octanol–water partition coefficient (Wildman–Crippen LogP) is 5.95. The number of aliphatic carboxylic acids is 1. The zero-order chi connectivity index (χ0) is 23.6.